The van der Waals surface area contributed by atoms with Crippen LogP contribution in [0, 0.1) is 20.8 Å². The maximum absolute atomic E-state index is 4.68. The number of aromatic nitrogens is 6. The molecule has 0 spiro atoms. The van der Waals surface area contributed by atoms with Gasteiger partial charge in [-0.25, -0.2) is 24.6 Å². The number of fused-ring (bicyclic) bond motifs is 1. The van der Waals surface area contributed by atoms with Gasteiger partial charge >= 0.3 is 0 Å². The lowest BCUT2D eigenvalue weighted by Gasteiger charge is -2.09. The number of nitrogens with one attached hydrogen (secondary N) is 1. The third kappa shape index (κ3) is 3.61. The van der Waals surface area contributed by atoms with Crippen LogP contribution in [-0.2, 0) is 0 Å². The standard InChI is InChI=1S/C24H21N7/c1-15-8-7-11-19-16(2)26-24(28-22(15)19)29-23-25-13-12-21(27-23)20-14-31(30-17(20)3)18-9-5-4-6-10-18/h4-14H,1-3H3,(H,25,26,27,28,29). The van der Waals surface area contributed by atoms with E-state index in [4.69, 9.17) is 0 Å². The Bertz CT molecular complexity index is 1390. The lowest BCUT2D eigenvalue weighted by molar-refractivity contribution is 0.863. The van der Waals surface area contributed by atoms with Crippen LogP contribution in [0.4, 0.5) is 11.9 Å². The Kier molecular flexibility index (Phi) is 4.63. The maximum atomic E-state index is 4.68. The fourth-order valence-corrected chi connectivity index (χ4v) is 3.60. The predicted octanol–water partition coefficient (Wildman–Crippen LogP) is 4.94. The van der Waals surface area contributed by atoms with Crippen LogP contribution in [0.25, 0.3) is 27.8 Å². The summed E-state index contributed by atoms with van der Waals surface area (Å²) in [4.78, 5) is 18.3. The Labute approximate surface area is 179 Å². The summed E-state index contributed by atoms with van der Waals surface area (Å²) < 4.78 is 1.86. The Morgan fingerprint density at radius 2 is 1.61 bits per heavy atom. The molecule has 3 aromatic heterocycles. The van der Waals surface area contributed by atoms with Gasteiger partial charge in [-0.1, -0.05) is 36.4 Å². The Morgan fingerprint density at radius 3 is 2.45 bits per heavy atom. The molecule has 0 fully saturated rings. The minimum Gasteiger partial charge on any atom is -0.293 e. The van der Waals surface area contributed by atoms with Gasteiger partial charge in [0.05, 0.1) is 28.3 Å². The maximum Gasteiger partial charge on any atom is 0.230 e. The van der Waals surface area contributed by atoms with E-state index in [2.05, 4.69) is 30.4 Å². The predicted molar refractivity (Wildman–Crippen MR) is 122 cm³/mol. The third-order valence-corrected chi connectivity index (χ3v) is 5.19. The molecule has 3 heterocycles. The first-order valence-corrected chi connectivity index (χ1v) is 10.0. The van der Waals surface area contributed by atoms with Crippen LogP contribution in [0.15, 0.2) is 67.0 Å². The van der Waals surface area contributed by atoms with Crippen molar-refractivity contribution in [3.63, 3.8) is 0 Å². The topological polar surface area (TPSA) is 81.4 Å². The van der Waals surface area contributed by atoms with Crippen molar-refractivity contribution in [1.82, 2.24) is 29.7 Å². The van der Waals surface area contributed by atoms with Crippen molar-refractivity contribution >= 4 is 22.8 Å². The van der Waals surface area contributed by atoms with Gasteiger partial charge in [-0.3, -0.25) is 5.32 Å². The van der Waals surface area contributed by atoms with Gasteiger partial charge in [0.2, 0.25) is 11.9 Å². The van der Waals surface area contributed by atoms with Gasteiger partial charge in [-0.05, 0) is 44.5 Å². The van der Waals surface area contributed by atoms with Crippen LogP contribution in [0.5, 0.6) is 0 Å². The molecule has 0 radical (unpaired) electrons. The monoisotopic (exact) mass is 407 g/mol. The van der Waals surface area contributed by atoms with Crippen molar-refractivity contribution in [2.45, 2.75) is 20.8 Å². The highest BCUT2D eigenvalue weighted by Gasteiger charge is 2.12. The summed E-state index contributed by atoms with van der Waals surface area (Å²) in [5.74, 6) is 0.921. The molecule has 0 aliphatic rings. The van der Waals surface area contributed by atoms with Gasteiger partial charge in [0.15, 0.2) is 0 Å². The minimum absolute atomic E-state index is 0.441. The highest BCUT2D eigenvalue weighted by Crippen LogP contribution is 2.24. The lowest BCUT2D eigenvalue weighted by atomic mass is 10.1. The number of hydrogen-bond acceptors (Lipinski definition) is 6. The molecular formula is C24H21N7. The highest BCUT2D eigenvalue weighted by atomic mass is 15.3. The molecule has 0 amide bonds. The smallest absolute Gasteiger partial charge is 0.230 e. The molecule has 7 heteroatoms. The van der Waals surface area contributed by atoms with Crippen LogP contribution in [0.1, 0.15) is 17.0 Å². The second-order valence-electron chi connectivity index (χ2n) is 7.40. The van der Waals surface area contributed by atoms with E-state index in [0.29, 0.717) is 11.9 Å². The fraction of sp³-hybridized carbons (Fsp3) is 0.125. The molecule has 7 nitrogen and oxygen atoms in total. The zero-order valence-corrected chi connectivity index (χ0v) is 17.5. The summed E-state index contributed by atoms with van der Waals surface area (Å²) >= 11 is 0. The summed E-state index contributed by atoms with van der Waals surface area (Å²) in [5, 5.41) is 8.84. The number of anilines is 2. The van der Waals surface area contributed by atoms with E-state index in [0.717, 1.165) is 44.8 Å². The van der Waals surface area contributed by atoms with Crippen LogP contribution in [0.2, 0.25) is 0 Å². The average Bonchev–Trinajstić information content (AvgIpc) is 3.17. The van der Waals surface area contributed by atoms with Crippen LogP contribution in [0.3, 0.4) is 0 Å². The fourth-order valence-electron chi connectivity index (χ4n) is 3.60. The molecule has 31 heavy (non-hydrogen) atoms. The van der Waals surface area contributed by atoms with Crippen molar-refractivity contribution < 1.29 is 0 Å². The van der Waals surface area contributed by atoms with Gasteiger partial charge in [-0.15, -0.1) is 0 Å². The van der Waals surface area contributed by atoms with Crippen LogP contribution >= 0.6 is 0 Å². The van der Waals surface area contributed by atoms with Crippen molar-refractivity contribution in [3.8, 4) is 16.9 Å². The van der Waals surface area contributed by atoms with E-state index in [1.807, 2.05) is 86.2 Å². The Balaban J connectivity index is 1.49. The van der Waals surface area contributed by atoms with Gasteiger partial charge in [-0.2, -0.15) is 5.10 Å². The number of rotatable bonds is 4. The number of hydrogen-bond donors (Lipinski definition) is 1. The van der Waals surface area contributed by atoms with E-state index in [1.165, 1.54) is 0 Å². The molecule has 0 atom stereocenters. The van der Waals surface area contributed by atoms with Crippen LogP contribution in [-0.4, -0.2) is 29.7 Å². The first-order valence-electron chi connectivity index (χ1n) is 10.0. The molecule has 5 aromatic rings. The number of benzene rings is 2. The first-order chi connectivity index (χ1) is 15.1. The van der Waals surface area contributed by atoms with E-state index < -0.39 is 0 Å². The molecule has 0 bridgehead atoms. The quantitative estimate of drug-likeness (QED) is 0.454. The summed E-state index contributed by atoms with van der Waals surface area (Å²) in [6.07, 6.45) is 3.71. The normalized spacial score (nSPS) is 11.1. The van der Waals surface area contributed by atoms with Crippen molar-refractivity contribution in [2.24, 2.45) is 0 Å². The molecule has 0 aliphatic heterocycles. The van der Waals surface area contributed by atoms with E-state index in [-0.39, 0.29) is 0 Å². The van der Waals surface area contributed by atoms with Gasteiger partial charge in [0.1, 0.15) is 0 Å². The van der Waals surface area contributed by atoms with Gasteiger partial charge < -0.3 is 0 Å². The van der Waals surface area contributed by atoms with Crippen molar-refractivity contribution in [1.29, 1.82) is 0 Å². The molecule has 152 valence electrons. The highest BCUT2D eigenvalue weighted by molar-refractivity contribution is 5.84. The molecule has 2 aromatic carbocycles. The summed E-state index contributed by atoms with van der Waals surface area (Å²) in [6, 6.07) is 18.0. The summed E-state index contributed by atoms with van der Waals surface area (Å²) in [5.41, 5.74) is 6.55. The molecule has 1 N–H and O–H groups in total. The van der Waals surface area contributed by atoms with E-state index >= 15 is 0 Å². The average molecular weight is 407 g/mol. The zero-order chi connectivity index (χ0) is 21.4. The number of aryl methyl sites for hydroxylation is 3. The second-order valence-corrected chi connectivity index (χ2v) is 7.40. The first kappa shape index (κ1) is 18.9. The molecule has 0 saturated carbocycles. The largest absolute Gasteiger partial charge is 0.293 e. The van der Waals surface area contributed by atoms with Crippen molar-refractivity contribution in [3.05, 3.63) is 83.9 Å². The lowest BCUT2D eigenvalue weighted by Crippen LogP contribution is -2.04. The Morgan fingerprint density at radius 1 is 0.774 bits per heavy atom. The minimum atomic E-state index is 0.441. The molecule has 0 saturated heterocycles. The zero-order valence-electron chi connectivity index (χ0n) is 17.5. The molecule has 0 unspecified atom stereocenters. The van der Waals surface area contributed by atoms with Gasteiger partial charge in [0.25, 0.3) is 0 Å². The van der Waals surface area contributed by atoms with E-state index in [9.17, 15) is 0 Å². The summed E-state index contributed by atoms with van der Waals surface area (Å²) in [6.45, 7) is 6.00. The van der Waals surface area contributed by atoms with E-state index in [1.54, 1.807) is 6.20 Å². The third-order valence-electron chi connectivity index (χ3n) is 5.19. The SMILES string of the molecule is Cc1nn(-c2ccccc2)cc1-c1ccnc(Nc2nc(C)c3cccc(C)c3n2)n1. The van der Waals surface area contributed by atoms with Crippen molar-refractivity contribution in [2.75, 3.05) is 5.32 Å². The number of nitrogens with zero attached hydrogens (tertiary/aromatic N) is 6. The molecule has 0 aliphatic carbocycles. The van der Waals surface area contributed by atoms with Crippen LogP contribution < -0.4 is 5.32 Å². The van der Waals surface area contributed by atoms with Gasteiger partial charge in [0, 0.05) is 23.3 Å². The summed E-state index contributed by atoms with van der Waals surface area (Å²) in [7, 11) is 0. The molecular weight excluding hydrogens is 386 g/mol. The number of para-hydroxylation sites is 2. The second kappa shape index (κ2) is 7.60. The molecule has 5 rings (SSSR count). The Hall–Kier alpha value is -4.13.